The first-order chi connectivity index (χ1) is 29.3. The molecular weight excluding hydrogens is 693 g/mol. The van der Waals surface area contributed by atoms with Crippen LogP contribution in [0.15, 0.2) is 177 Å². The minimum atomic E-state index is -3.45. The van der Waals surface area contributed by atoms with Crippen LogP contribution in [0.2, 0.25) is 0 Å². The summed E-state index contributed by atoms with van der Waals surface area (Å²) >= 11 is 3.05. The first-order valence-electron chi connectivity index (χ1n) is 22.4. The molecule has 0 saturated heterocycles. The summed E-state index contributed by atoms with van der Waals surface area (Å²) in [5.41, 5.74) is 2.33. The minimum absolute atomic E-state index is 0.147. The van der Waals surface area contributed by atoms with Crippen molar-refractivity contribution >= 4 is 52.3 Å². The highest BCUT2D eigenvalue weighted by Gasteiger charge is 2.46. The van der Waals surface area contributed by atoms with E-state index in [9.17, 15) is 0 Å². The number of hydrogen-bond donors (Lipinski definition) is 0. The van der Waals surface area contributed by atoms with E-state index in [0.29, 0.717) is 27.1 Å². The highest BCUT2D eigenvalue weighted by molar-refractivity contribution is 8.00. The zero-order chi connectivity index (χ0) is 44.0. The fraction of sp³-hybridized carbons (Fsp3) is 0.160. The molecule has 0 spiro atoms. The van der Waals surface area contributed by atoms with E-state index >= 15 is 0 Å². The average molecular weight is 746 g/mol. The zero-order valence-electron chi connectivity index (χ0n) is 38.8. The maximum absolute atomic E-state index is 9.05. The van der Waals surface area contributed by atoms with Crippen LogP contribution in [0.25, 0.3) is 11.1 Å². The maximum atomic E-state index is 9.05. The Bertz CT molecular complexity index is 2830. The molecule has 0 fully saturated rings. The molecule has 260 valence electrons. The second-order valence-corrected chi connectivity index (χ2v) is 20.4. The molecule has 53 heavy (non-hydrogen) atoms. The van der Waals surface area contributed by atoms with Gasteiger partial charge in [0.25, 0.3) is 0 Å². The van der Waals surface area contributed by atoms with Crippen LogP contribution in [-0.4, -0.2) is 8.07 Å². The smallest absolute Gasteiger partial charge is 0.0895 e. The van der Waals surface area contributed by atoms with Gasteiger partial charge in [0.15, 0.2) is 8.07 Å². The predicted octanol–water partition coefficient (Wildman–Crippen LogP) is 10.9. The van der Waals surface area contributed by atoms with Crippen molar-refractivity contribution in [1.82, 2.24) is 0 Å². The summed E-state index contributed by atoms with van der Waals surface area (Å²) in [6, 6.07) is 52.1. The molecule has 0 aliphatic carbocycles. The van der Waals surface area contributed by atoms with Gasteiger partial charge in [-0.2, -0.15) is 0 Å². The van der Waals surface area contributed by atoms with Gasteiger partial charge in [0.1, 0.15) is 0 Å². The fourth-order valence-electron chi connectivity index (χ4n) is 8.56. The van der Waals surface area contributed by atoms with Crippen LogP contribution in [0, 0.1) is 13.8 Å². The third-order valence-corrected chi connectivity index (χ3v) is 18.6. The van der Waals surface area contributed by atoms with E-state index in [4.69, 9.17) is 12.3 Å². The highest BCUT2D eigenvalue weighted by Crippen LogP contribution is 2.53. The van der Waals surface area contributed by atoms with Crippen molar-refractivity contribution in [2.75, 3.05) is 0 Å². The molecule has 2 aliphatic heterocycles. The summed E-state index contributed by atoms with van der Waals surface area (Å²) in [5, 5.41) is 4.15. The molecule has 0 amide bonds. The third-order valence-electron chi connectivity index (χ3n) is 11.2. The van der Waals surface area contributed by atoms with Crippen LogP contribution >= 0.6 is 23.5 Å². The summed E-state index contributed by atoms with van der Waals surface area (Å²) in [5.74, 6) is 0. The van der Waals surface area contributed by atoms with E-state index < -0.39 is 39.5 Å². The minimum Gasteiger partial charge on any atom is -0.0895 e. The first kappa shape index (κ1) is 25.5. The summed E-state index contributed by atoms with van der Waals surface area (Å²) in [4.78, 5) is 3.22. The lowest BCUT2D eigenvalue weighted by atomic mass is 9.76. The fourth-order valence-corrected chi connectivity index (χ4v) is 16.9. The maximum Gasteiger partial charge on any atom is 0.180 e. The molecule has 7 aromatic rings. The van der Waals surface area contributed by atoms with Crippen LogP contribution in [0.5, 0.6) is 0 Å². The van der Waals surface area contributed by atoms with Gasteiger partial charge in [0.05, 0.1) is 0 Å². The average Bonchev–Trinajstić information content (AvgIpc) is 3.23. The van der Waals surface area contributed by atoms with Crippen molar-refractivity contribution in [3.8, 4) is 11.1 Å². The zero-order valence-corrected chi connectivity index (χ0v) is 32.5. The van der Waals surface area contributed by atoms with Crippen LogP contribution in [0.4, 0.5) is 0 Å². The molecule has 9 rings (SSSR count). The standard InChI is InChI=1S/C50H44S2Si/c1-33-27-29-40-44(31-33)52-48-42(50(40,5)6)30-28-34(2)46(48)35-17-15-22-38(32-35)53(36-18-9-7-10-19-36,37-20-11-8-12-21-37)45-26-16-24-41-47(45)51-43-25-14-13-23-39(43)49(41,3)4/h7-32H,1-6H3/i2D3,3D3,5D3. The van der Waals surface area contributed by atoms with E-state index in [1.165, 1.54) is 11.8 Å². The summed E-state index contributed by atoms with van der Waals surface area (Å²) in [6.45, 7) is -1.79. The van der Waals surface area contributed by atoms with Gasteiger partial charge in [-0.05, 0) is 91.2 Å². The Kier molecular flexibility index (Phi) is 6.15. The molecule has 0 bridgehead atoms. The Hall–Kier alpha value is -4.54. The quantitative estimate of drug-likeness (QED) is 0.127. The molecule has 2 atom stereocenters. The molecule has 0 N–H and O–H groups in total. The Morgan fingerprint density at radius 2 is 1.09 bits per heavy atom. The number of rotatable bonds is 5. The molecule has 7 aromatic carbocycles. The Morgan fingerprint density at radius 3 is 1.81 bits per heavy atom. The van der Waals surface area contributed by atoms with Crippen LogP contribution in [-0.2, 0) is 10.8 Å². The lowest BCUT2D eigenvalue weighted by Crippen LogP contribution is -2.75. The van der Waals surface area contributed by atoms with Crippen LogP contribution in [0.1, 0.15) is 73.3 Å². The predicted molar refractivity (Wildman–Crippen MR) is 230 cm³/mol. The molecule has 3 heteroatoms. The van der Waals surface area contributed by atoms with Gasteiger partial charge >= 0.3 is 0 Å². The van der Waals surface area contributed by atoms with Gasteiger partial charge in [-0.1, -0.05) is 197 Å². The van der Waals surface area contributed by atoms with Gasteiger partial charge in [-0.25, -0.2) is 0 Å². The summed E-state index contributed by atoms with van der Waals surface area (Å²) in [6.07, 6.45) is 0. The molecule has 0 radical (unpaired) electrons. The van der Waals surface area contributed by atoms with Crippen LogP contribution in [0.3, 0.4) is 0 Å². The normalized spacial score (nSPS) is 22.0. The molecular formula is C50H44S2Si. The van der Waals surface area contributed by atoms with Crippen molar-refractivity contribution in [1.29, 1.82) is 0 Å². The lowest BCUT2D eigenvalue weighted by molar-refractivity contribution is 0.607. The topological polar surface area (TPSA) is 0 Å². The van der Waals surface area contributed by atoms with Gasteiger partial charge in [-0.3, -0.25) is 0 Å². The second-order valence-electron chi connectivity index (χ2n) is 14.6. The van der Waals surface area contributed by atoms with E-state index in [0.717, 1.165) is 52.1 Å². The van der Waals surface area contributed by atoms with Gasteiger partial charge < -0.3 is 0 Å². The second kappa shape index (κ2) is 12.8. The monoisotopic (exact) mass is 745 g/mol. The number of aryl methyl sites for hydroxylation is 2. The molecule has 2 unspecified atom stereocenters. The van der Waals surface area contributed by atoms with E-state index in [1.54, 1.807) is 30.8 Å². The SMILES string of the molecule is [2H]C([2H])([2H])c1ccc2c(c1-c1cccc([Si](c3ccccc3)(c3ccccc3)c3cccc4c3Sc3ccccc3C4(C)C([2H])([2H])[2H])c1)Sc1cc(C)ccc1C2(C)C([2H])([2H])[2H]. The largest absolute Gasteiger partial charge is 0.180 e. The molecule has 2 heterocycles. The van der Waals surface area contributed by atoms with E-state index in [1.807, 2.05) is 117 Å². The Morgan fingerprint density at radius 1 is 0.509 bits per heavy atom. The first-order valence-corrected chi connectivity index (χ1v) is 21.6. The molecule has 0 saturated carbocycles. The lowest BCUT2D eigenvalue weighted by Gasteiger charge is -2.41. The van der Waals surface area contributed by atoms with Crippen molar-refractivity contribution in [3.63, 3.8) is 0 Å². The molecule has 0 aromatic heterocycles. The third kappa shape index (κ3) is 5.27. The van der Waals surface area contributed by atoms with E-state index in [2.05, 4.69) is 42.5 Å². The Balaban J connectivity index is 1.39. The van der Waals surface area contributed by atoms with Crippen molar-refractivity contribution < 1.29 is 12.3 Å². The molecule has 2 aliphatic rings. The van der Waals surface area contributed by atoms with Gasteiger partial charge in [0, 0.05) is 42.7 Å². The van der Waals surface area contributed by atoms with Crippen LogP contribution < -0.4 is 20.7 Å². The van der Waals surface area contributed by atoms with Gasteiger partial charge in [-0.15, -0.1) is 0 Å². The summed E-state index contributed by atoms with van der Waals surface area (Å²) < 4.78 is 80.7. The number of benzene rings is 7. The molecule has 0 nitrogen and oxygen atoms in total. The van der Waals surface area contributed by atoms with Crippen molar-refractivity contribution in [2.24, 2.45) is 0 Å². The number of hydrogen-bond acceptors (Lipinski definition) is 2. The van der Waals surface area contributed by atoms with Gasteiger partial charge in [0.2, 0.25) is 0 Å². The number of fused-ring (bicyclic) bond motifs is 4. The summed E-state index contributed by atoms with van der Waals surface area (Å²) in [7, 11) is -3.45. The van der Waals surface area contributed by atoms with Crippen molar-refractivity contribution in [3.05, 3.63) is 191 Å². The van der Waals surface area contributed by atoms with E-state index in [-0.39, 0.29) is 5.56 Å². The Labute approximate surface area is 337 Å². The van der Waals surface area contributed by atoms with Crippen molar-refractivity contribution in [2.45, 2.75) is 71.7 Å². The highest BCUT2D eigenvalue weighted by atomic mass is 32.2.